The van der Waals surface area contributed by atoms with E-state index < -0.39 is 7.14 Å². The van der Waals surface area contributed by atoms with Crippen LogP contribution in [0.25, 0.3) is 0 Å². The van der Waals surface area contributed by atoms with Crippen molar-refractivity contribution >= 4 is 23.1 Å². The summed E-state index contributed by atoms with van der Waals surface area (Å²) >= 11 is 0. The summed E-state index contributed by atoms with van der Waals surface area (Å²) in [5, 5.41) is 2.62. The molecule has 0 saturated carbocycles. The second-order valence-corrected chi connectivity index (χ2v) is 7.38. The molecule has 0 aliphatic rings. The van der Waals surface area contributed by atoms with Crippen LogP contribution in [0.2, 0.25) is 0 Å². The first-order valence-corrected chi connectivity index (χ1v) is 8.29. The number of rotatable bonds is 3. The number of hydrogen-bond donors (Lipinski definition) is 0. The number of hydrogen-bond acceptors (Lipinski definition) is 1. The van der Waals surface area contributed by atoms with Gasteiger partial charge in [-0.05, 0) is 0 Å². The van der Waals surface area contributed by atoms with E-state index in [1.165, 1.54) is 0 Å². The van der Waals surface area contributed by atoms with E-state index in [1.54, 1.807) is 0 Å². The molecule has 98 valence electrons. The van der Waals surface area contributed by atoms with Crippen molar-refractivity contribution in [1.29, 1.82) is 0 Å². The van der Waals surface area contributed by atoms with Crippen molar-refractivity contribution in [3.63, 3.8) is 0 Å². The minimum Gasteiger partial charge on any atom is -0.309 e. The van der Waals surface area contributed by atoms with Gasteiger partial charge in [-0.3, -0.25) is 0 Å². The van der Waals surface area contributed by atoms with Gasteiger partial charge in [0.05, 0.1) is 0 Å². The Morgan fingerprint density at radius 1 is 0.455 bits per heavy atom. The molecule has 0 heterocycles. The van der Waals surface area contributed by atoms with Crippen LogP contribution >= 0.6 is 7.14 Å². The third-order valence-corrected chi connectivity index (χ3v) is 6.44. The molecule has 4 heteroatoms. The molecule has 3 rings (SSSR count). The summed E-state index contributed by atoms with van der Waals surface area (Å²) < 4.78 is 13.8. The van der Waals surface area contributed by atoms with Crippen LogP contribution in [0.1, 0.15) is 0 Å². The Hall–Kier alpha value is -0.110. The first kappa shape index (κ1) is 19.9. The van der Waals surface area contributed by atoms with Gasteiger partial charge in [-0.2, -0.15) is 0 Å². The first-order valence-electron chi connectivity index (χ1n) is 6.59. The van der Waals surface area contributed by atoms with Crippen molar-refractivity contribution in [3.05, 3.63) is 91.0 Å². The van der Waals surface area contributed by atoms with E-state index in [-0.39, 0.29) is 59.1 Å². The monoisotopic (exact) mass is 324 g/mol. The predicted molar refractivity (Wildman–Crippen MR) is 85.8 cm³/mol. The van der Waals surface area contributed by atoms with Gasteiger partial charge < -0.3 is 4.57 Å². The van der Waals surface area contributed by atoms with E-state index in [1.807, 2.05) is 91.0 Å². The smallest absolute Gasteiger partial charge is 0.309 e. The van der Waals surface area contributed by atoms with Gasteiger partial charge in [0.15, 0.2) is 7.14 Å². The van der Waals surface area contributed by atoms with Gasteiger partial charge in [0.1, 0.15) is 0 Å². The summed E-state index contributed by atoms with van der Waals surface area (Å²) in [5.41, 5.74) is 0. The van der Waals surface area contributed by atoms with Crippen LogP contribution in [0.5, 0.6) is 0 Å². The van der Waals surface area contributed by atoms with Gasteiger partial charge in [0.25, 0.3) is 0 Å². The van der Waals surface area contributed by atoms with Crippen LogP contribution in [0, 0.1) is 0 Å². The van der Waals surface area contributed by atoms with Gasteiger partial charge in [-0.1, -0.05) is 91.0 Å². The molecule has 22 heavy (non-hydrogen) atoms. The third-order valence-electron chi connectivity index (χ3n) is 3.36. The van der Waals surface area contributed by atoms with Crippen LogP contribution < -0.4 is 75.0 Å². The minimum absolute atomic E-state index is 0. The molecular formula is C18H15Na2OP+2. The quantitative estimate of drug-likeness (QED) is 0.380. The Kier molecular flexibility index (Phi) is 8.38. The van der Waals surface area contributed by atoms with Crippen molar-refractivity contribution in [1.82, 2.24) is 0 Å². The molecule has 0 amide bonds. The zero-order valence-corrected chi connectivity index (χ0v) is 17.9. The van der Waals surface area contributed by atoms with Gasteiger partial charge in [0, 0.05) is 15.9 Å². The second kappa shape index (κ2) is 9.25. The second-order valence-electron chi connectivity index (χ2n) is 4.62. The molecular weight excluding hydrogens is 309 g/mol. The fourth-order valence-electron chi connectivity index (χ4n) is 2.36. The molecule has 0 aromatic heterocycles. The van der Waals surface area contributed by atoms with Crippen LogP contribution in [0.3, 0.4) is 0 Å². The van der Waals surface area contributed by atoms with Crippen LogP contribution in [0.15, 0.2) is 91.0 Å². The van der Waals surface area contributed by atoms with Gasteiger partial charge >= 0.3 is 59.1 Å². The molecule has 0 fully saturated rings. The van der Waals surface area contributed by atoms with E-state index in [2.05, 4.69) is 0 Å². The van der Waals surface area contributed by atoms with Crippen molar-refractivity contribution in [2.24, 2.45) is 0 Å². The van der Waals surface area contributed by atoms with Crippen molar-refractivity contribution in [3.8, 4) is 0 Å². The zero-order chi connectivity index (χ0) is 13.8. The summed E-state index contributed by atoms with van der Waals surface area (Å²) in [6.45, 7) is 0. The summed E-state index contributed by atoms with van der Waals surface area (Å²) in [5.74, 6) is 0. The molecule has 0 bridgehead atoms. The normalized spacial score (nSPS) is 10.2. The molecule has 0 aliphatic heterocycles. The minimum atomic E-state index is -2.78. The SMILES string of the molecule is O=P(c1ccccc1)(c1ccccc1)c1ccccc1.[Na+].[Na+]. The molecule has 0 radical (unpaired) electrons. The average Bonchev–Trinajstić information content (AvgIpc) is 2.56. The molecule has 0 unspecified atom stereocenters. The molecule has 1 nitrogen and oxygen atoms in total. The summed E-state index contributed by atoms with van der Waals surface area (Å²) in [6.07, 6.45) is 0. The van der Waals surface area contributed by atoms with Gasteiger partial charge in [-0.25, -0.2) is 0 Å². The van der Waals surface area contributed by atoms with Crippen LogP contribution in [-0.2, 0) is 4.57 Å². The van der Waals surface area contributed by atoms with Crippen LogP contribution in [-0.4, -0.2) is 0 Å². The maximum absolute atomic E-state index is 13.8. The molecule has 0 saturated heterocycles. The topological polar surface area (TPSA) is 17.1 Å². The summed E-state index contributed by atoms with van der Waals surface area (Å²) in [6, 6.07) is 29.1. The van der Waals surface area contributed by atoms with Gasteiger partial charge in [-0.15, -0.1) is 0 Å². The molecule has 0 N–H and O–H groups in total. The first-order chi connectivity index (χ1) is 9.82. The van der Waals surface area contributed by atoms with E-state index in [9.17, 15) is 4.57 Å². The van der Waals surface area contributed by atoms with E-state index in [4.69, 9.17) is 0 Å². The summed E-state index contributed by atoms with van der Waals surface area (Å²) in [7, 11) is -2.78. The predicted octanol–water partition coefficient (Wildman–Crippen LogP) is -2.67. The van der Waals surface area contributed by atoms with Gasteiger partial charge in [0.2, 0.25) is 0 Å². The fourth-order valence-corrected chi connectivity index (χ4v) is 5.03. The van der Waals surface area contributed by atoms with Crippen molar-refractivity contribution in [2.75, 3.05) is 0 Å². The Labute approximate surface area is 176 Å². The fraction of sp³-hybridized carbons (Fsp3) is 0. The Morgan fingerprint density at radius 3 is 0.909 bits per heavy atom. The Bertz CT molecular complexity index is 627. The molecule has 3 aromatic rings. The summed E-state index contributed by atoms with van der Waals surface area (Å²) in [4.78, 5) is 0. The largest absolute Gasteiger partial charge is 1.00 e. The van der Waals surface area contributed by atoms with Crippen molar-refractivity contribution < 1.29 is 63.7 Å². The van der Waals surface area contributed by atoms with Crippen LogP contribution in [0.4, 0.5) is 0 Å². The standard InChI is InChI=1S/C18H15OP.2Na/c19-20(16-10-4-1-5-11-16,17-12-6-2-7-13-17)18-14-8-3-9-15-18;;/h1-15H;;/q;2*+1. The Balaban J connectivity index is 0.00000121. The maximum Gasteiger partial charge on any atom is 1.00 e. The Morgan fingerprint density at radius 2 is 0.682 bits per heavy atom. The third kappa shape index (κ3) is 4.04. The maximum atomic E-state index is 13.8. The number of benzene rings is 3. The molecule has 0 atom stereocenters. The van der Waals surface area contributed by atoms with E-state index in [0.29, 0.717) is 0 Å². The van der Waals surface area contributed by atoms with E-state index >= 15 is 0 Å². The van der Waals surface area contributed by atoms with E-state index in [0.717, 1.165) is 15.9 Å². The average molecular weight is 324 g/mol. The zero-order valence-electron chi connectivity index (χ0n) is 13.0. The molecule has 3 aromatic carbocycles. The van der Waals surface area contributed by atoms with Crippen molar-refractivity contribution in [2.45, 2.75) is 0 Å². The molecule has 0 spiro atoms. The molecule has 0 aliphatic carbocycles.